The Bertz CT molecular complexity index is 1060. The summed E-state index contributed by atoms with van der Waals surface area (Å²) in [5, 5.41) is 5.36. The van der Waals surface area contributed by atoms with Crippen molar-refractivity contribution in [2.24, 2.45) is 7.05 Å². The molecule has 2 heterocycles. The van der Waals surface area contributed by atoms with Crippen LogP contribution in [-0.2, 0) is 13.6 Å². The van der Waals surface area contributed by atoms with Crippen molar-refractivity contribution in [2.45, 2.75) is 51.1 Å². The van der Waals surface area contributed by atoms with Gasteiger partial charge in [-0.2, -0.15) is 5.10 Å². The number of hydrogen-bond acceptors (Lipinski definition) is 3. The first-order valence-electron chi connectivity index (χ1n) is 9.91. The number of rotatable bonds is 5. The first-order valence-corrected chi connectivity index (χ1v) is 9.91. The van der Waals surface area contributed by atoms with E-state index in [2.05, 4.69) is 5.10 Å². The topological polar surface area (TPSA) is 51.0 Å². The molecule has 5 rings (SSSR count). The number of aryl methyl sites for hydroxylation is 2. The second-order valence-electron chi connectivity index (χ2n) is 8.07. The third-order valence-corrected chi connectivity index (χ3v) is 5.73. The smallest absolute Gasteiger partial charge is 0.255 e. The van der Waals surface area contributed by atoms with Crippen molar-refractivity contribution in [2.75, 3.05) is 0 Å². The summed E-state index contributed by atoms with van der Waals surface area (Å²) >= 11 is 0. The number of carbonyl (C=O) groups is 1. The van der Waals surface area contributed by atoms with Crippen molar-refractivity contribution in [3.8, 4) is 0 Å². The van der Waals surface area contributed by atoms with Crippen LogP contribution in [0.5, 0.6) is 0 Å². The third kappa shape index (κ3) is 3.07. The van der Waals surface area contributed by atoms with E-state index in [-0.39, 0.29) is 17.8 Å². The predicted molar refractivity (Wildman–Crippen MR) is 105 cm³/mol. The number of benzene rings is 1. The maximum absolute atomic E-state index is 13.7. The average Bonchev–Trinajstić information content (AvgIpc) is 3.59. The summed E-state index contributed by atoms with van der Waals surface area (Å²) in [7, 11) is 1.88. The van der Waals surface area contributed by atoms with Crippen molar-refractivity contribution in [1.29, 1.82) is 0 Å². The summed E-state index contributed by atoms with van der Waals surface area (Å²) in [6.07, 6.45) is 4.29. The lowest BCUT2D eigenvalue weighted by Gasteiger charge is -2.23. The molecule has 5 nitrogen and oxygen atoms in total. The largest absolute Gasteiger partial charge is 0.331 e. The fraction of sp³-hybridized carbons (Fsp3) is 0.409. The molecule has 28 heavy (non-hydrogen) atoms. The molecule has 0 bridgehead atoms. The Kier molecular flexibility index (Phi) is 3.96. The summed E-state index contributed by atoms with van der Waals surface area (Å²) in [4.78, 5) is 20.4. The van der Waals surface area contributed by atoms with Crippen molar-refractivity contribution >= 4 is 16.9 Å². The van der Waals surface area contributed by atoms with E-state index in [0.717, 1.165) is 53.7 Å². The summed E-state index contributed by atoms with van der Waals surface area (Å²) in [5.74, 6) is 0.221. The molecule has 2 aliphatic rings. The normalized spacial score (nSPS) is 16.5. The summed E-state index contributed by atoms with van der Waals surface area (Å²) in [6, 6.07) is 8.65. The maximum atomic E-state index is 13.7. The van der Waals surface area contributed by atoms with Crippen molar-refractivity contribution in [3.05, 3.63) is 58.7 Å². The van der Waals surface area contributed by atoms with Crippen LogP contribution in [0.2, 0.25) is 0 Å². The zero-order valence-electron chi connectivity index (χ0n) is 16.2. The van der Waals surface area contributed by atoms with Crippen LogP contribution in [0, 0.1) is 12.7 Å². The van der Waals surface area contributed by atoms with Gasteiger partial charge in [-0.25, -0.2) is 9.37 Å². The molecular weight excluding hydrogens is 355 g/mol. The Morgan fingerprint density at radius 1 is 1.21 bits per heavy atom. The van der Waals surface area contributed by atoms with E-state index in [0.29, 0.717) is 18.0 Å². The molecule has 0 aliphatic heterocycles. The highest BCUT2D eigenvalue weighted by atomic mass is 19.1. The molecule has 2 aliphatic carbocycles. The molecule has 3 aromatic rings. The van der Waals surface area contributed by atoms with E-state index < -0.39 is 0 Å². The van der Waals surface area contributed by atoms with Crippen LogP contribution in [0.15, 0.2) is 30.3 Å². The van der Waals surface area contributed by atoms with Crippen molar-refractivity contribution in [3.63, 3.8) is 0 Å². The van der Waals surface area contributed by atoms with Crippen molar-refractivity contribution in [1.82, 2.24) is 19.7 Å². The number of nitrogens with zero attached hydrogens (tertiary/aromatic N) is 4. The zero-order valence-corrected chi connectivity index (χ0v) is 16.2. The van der Waals surface area contributed by atoms with E-state index in [9.17, 15) is 9.18 Å². The maximum Gasteiger partial charge on any atom is 0.255 e. The van der Waals surface area contributed by atoms with Gasteiger partial charge in [-0.05, 0) is 56.4 Å². The number of amides is 1. The number of aromatic nitrogens is 3. The molecule has 0 atom stereocenters. The first-order chi connectivity index (χ1) is 13.5. The lowest BCUT2D eigenvalue weighted by atomic mass is 10.1. The molecule has 0 radical (unpaired) electrons. The zero-order chi connectivity index (χ0) is 19.4. The molecule has 1 aromatic carbocycles. The van der Waals surface area contributed by atoms with Gasteiger partial charge in [0.05, 0.1) is 16.6 Å². The van der Waals surface area contributed by atoms with E-state index >= 15 is 0 Å². The molecule has 144 valence electrons. The SMILES string of the molecule is Cc1nn(C)c2nc(C3CC3)cc(C(=O)N(Cc3ccc(F)cc3)C3CC3)c12. The minimum absolute atomic E-state index is 0.0252. The quantitative estimate of drug-likeness (QED) is 0.672. The number of halogens is 1. The van der Waals surface area contributed by atoms with E-state index in [1.165, 1.54) is 12.1 Å². The van der Waals surface area contributed by atoms with Gasteiger partial charge in [0.15, 0.2) is 5.65 Å². The van der Waals surface area contributed by atoms with Gasteiger partial charge in [-0.3, -0.25) is 9.48 Å². The van der Waals surface area contributed by atoms with Gasteiger partial charge < -0.3 is 4.90 Å². The fourth-order valence-corrected chi connectivity index (χ4v) is 3.92. The highest BCUT2D eigenvalue weighted by molar-refractivity contribution is 6.06. The monoisotopic (exact) mass is 378 g/mol. The van der Waals surface area contributed by atoms with Gasteiger partial charge in [0.1, 0.15) is 5.82 Å². The Morgan fingerprint density at radius 3 is 2.57 bits per heavy atom. The van der Waals surface area contributed by atoms with Gasteiger partial charge in [0, 0.05) is 31.2 Å². The molecule has 0 unspecified atom stereocenters. The lowest BCUT2D eigenvalue weighted by Crippen LogP contribution is -2.33. The van der Waals surface area contributed by atoms with E-state index in [1.54, 1.807) is 16.8 Å². The van der Waals surface area contributed by atoms with Crippen LogP contribution in [0.25, 0.3) is 11.0 Å². The molecule has 2 fully saturated rings. The highest BCUT2D eigenvalue weighted by Gasteiger charge is 2.35. The summed E-state index contributed by atoms with van der Waals surface area (Å²) in [6.45, 7) is 2.42. The Balaban J connectivity index is 1.57. The average molecular weight is 378 g/mol. The Hall–Kier alpha value is -2.76. The van der Waals surface area contributed by atoms with E-state index in [1.807, 2.05) is 24.9 Å². The molecule has 2 saturated carbocycles. The standard InChI is InChI=1S/C22H23FN4O/c1-13-20-18(11-19(15-5-6-15)24-21(20)26(2)25-13)22(28)27(17-9-10-17)12-14-3-7-16(23)8-4-14/h3-4,7-8,11,15,17H,5-6,9-10,12H2,1-2H3. The minimum atomic E-state index is -0.260. The predicted octanol–water partition coefficient (Wildman–Crippen LogP) is 4.10. The van der Waals surface area contributed by atoms with Crippen LogP contribution in [0.4, 0.5) is 4.39 Å². The van der Waals surface area contributed by atoms with Crippen LogP contribution in [-0.4, -0.2) is 31.6 Å². The highest BCUT2D eigenvalue weighted by Crippen LogP contribution is 2.41. The molecular formula is C22H23FN4O. The third-order valence-electron chi connectivity index (χ3n) is 5.73. The fourth-order valence-electron chi connectivity index (χ4n) is 3.92. The van der Waals surface area contributed by atoms with E-state index in [4.69, 9.17) is 4.98 Å². The summed E-state index contributed by atoms with van der Waals surface area (Å²) in [5.41, 5.74) is 4.25. The Labute approximate surface area is 163 Å². The molecule has 2 aromatic heterocycles. The molecule has 0 N–H and O–H groups in total. The number of pyridine rings is 1. The van der Waals surface area contributed by atoms with Crippen LogP contribution in [0.1, 0.15) is 58.9 Å². The first kappa shape index (κ1) is 17.3. The second-order valence-corrected chi connectivity index (χ2v) is 8.07. The summed E-state index contributed by atoms with van der Waals surface area (Å²) < 4.78 is 15.0. The van der Waals surface area contributed by atoms with Gasteiger partial charge >= 0.3 is 0 Å². The number of hydrogen-bond donors (Lipinski definition) is 0. The van der Waals surface area contributed by atoms with Crippen LogP contribution >= 0.6 is 0 Å². The van der Waals surface area contributed by atoms with Crippen LogP contribution in [0.3, 0.4) is 0 Å². The molecule has 0 saturated heterocycles. The number of fused-ring (bicyclic) bond motifs is 1. The minimum Gasteiger partial charge on any atom is -0.331 e. The van der Waals surface area contributed by atoms with Crippen LogP contribution < -0.4 is 0 Å². The van der Waals surface area contributed by atoms with Gasteiger partial charge in [-0.1, -0.05) is 12.1 Å². The van der Waals surface area contributed by atoms with Gasteiger partial charge in [0.2, 0.25) is 0 Å². The van der Waals surface area contributed by atoms with Gasteiger partial charge in [-0.15, -0.1) is 0 Å². The Morgan fingerprint density at radius 2 is 1.93 bits per heavy atom. The van der Waals surface area contributed by atoms with Crippen molar-refractivity contribution < 1.29 is 9.18 Å². The molecule has 6 heteroatoms. The second kappa shape index (κ2) is 6.40. The number of carbonyl (C=O) groups excluding carboxylic acids is 1. The lowest BCUT2D eigenvalue weighted by molar-refractivity contribution is 0.0731. The van der Waals surface area contributed by atoms with Gasteiger partial charge in [0.25, 0.3) is 5.91 Å². The molecule has 1 amide bonds. The molecule has 0 spiro atoms.